The summed E-state index contributed by atoms with van der Waals surface area (Å²) in [5.74, 6) is 0.617. The maximum atomic E-state index is 13.5. The molecule has 1 aliphatic heterocycles. The van der Waals surface area contributed by atoms with Crippen LogP contribution in [0.15, 0.2) is 71.5 Å². The minimum Gasteiger partial charge on any atom is -0.342 e. The maximum absolute atomic E-state index is 13.5. The van der Waals surface area contributed by atoms with Crippen LogP contribution in [0.2, 0.25) is 0 Å². The van der Waals surface area contributed by atoms with Gasteiger partial charge < -0.3 is 10.6 Å². The molecule has 1 saturated heterocycles. The van der Waals surface area contributed by atoms with E-state index in [1.807, 2.05) is 0 Å². The highest BCUT2D eigenvalue weighted by molar-refractivity contribution is 5.89. The number of nitrogens with two attached hydrogens (primary N) is 1. The molecule has 5 aromatic rings. The Labute approximate surface area is 220 Å². The normalized spacial score (nSPS) is 21.3. The van der Waals surface area contributed by atoms with Gasteiger partial charge in [-0.25, -0.2) is 0 Å². The monoisotopic (exact) mass is 502 g/mol. The van der Waals surface area contributed by atoms with E-state index in [4.69, 9.17) is 15.8 Å². The minimum atomic E-state index is -0.250. The summed E-state index contributed by atoms with van der Waals surface area (Å²) in [6.45, 7) is 1.63. The number of nitrogens with zero attached hydrogens (tertiary/aromatic N) is 3. The van der Waals surface area contributed by atoms with E-state index >= 15 is 0 Å². The van der Waals surface area contributed by atoms with Gasteiger partial charge in [-0.05, 0) is 65.0 Å². The summed E-state index contributed by atoms with van der Waals surface area (Å²) in [5, 5.41) is 10.8. The van der Waals surface area contributed by atoms with Crippen molar-refractivity contribution >= 4 is 27.8 Å². The van der Waals surface area contributed by atoms with Gasteiger partial charge in [0.05, 0.1) is 5.69 Å². The number of anilines is 1. The van der Waals surface area contributed by atoms with Crippen LogP contribution in [-0.4, -0.2) is 33.3 Å². The first kappa shape index (κ1) is 22.1. The van der Waals surface area contributed by atoms with Gasteiger partial charge in [0.2, 0.25) is 5.95 Å². The van der Waals surface area contributed by atoms with Crippen molar-refractivity contribution in [3.05, 3.63) is 99.5 Å². The molecule has 190 valence electrons. The van der Waals surface area contributed by atoms with E-state index in [0.29, 0.717) is 17.0 Å². The molecule has 4 N–H and O–H groups in total. The number of H-pyrrole nitrogens is 2. The Morgan fingerprint density at radius 2 is 1.68 bits per heavy atom. The molecule has 0 amide bonds. The summed E-state index contributed by atoms with van der Waals surface area (Å²) in [6.07, 6.45) is 4.92. The lowest BCUT2D eigenvalue weighted by Gasteiger charge is -2.42. The number of aromatic nitrogens is 4. The lowest BCUT2D eigenvalue weighted by Crippen LogP contribution is -2.45. The first-order valence-corrected chi connectivity index (χ1v) is 13.6. The van der Waals surface area contributed by atoms with Crippen molar-refractivity contribution in [2.75, 3.05) is 18.0 Å². The summed E-state index contributed by atoms with van der Waals surface area (Å²) in [4.78, 5) is 23.7. The zero-order valence-electron chi connectivity index (χ0n) is 21.2. The molecule has 1 saturated carbocycles. The highest BCUT2D eigenvalue weighted by atomic mass is 16.1. The predicted octanol–water partition coefficient (Wildman–Crippen LogP) is 4.72. The van der Waals surface area contributed by atoms with Crippen molar-refractivity contribution in [3.8, 4) is 0 Å². The SMILES string of the molecule is N[C@@H]1c2ccccc2CC12CCN(c1nc3[nH]nc(C4(c5cccc6ccccc56)CC4)c3c(=O)[nH]1)CC2. The third-order valence-corrected chi connectivity index (χ3v) is 9.58. The summed E-state index contributed by atoms with van der Waals surface area (Å²) in [6, 6.07) is 23.5. The molecule has 1 atom stereocenters. The number of aromatic amines is 2. The lowest BCUT2D eigenvalue weighted by molar-refractivity contribution is 0.187. The number of fused-ring (bicyclic) bond motifs is 3. The molecule has 3 aliphatic rings. The number of benzene rings is 3. The average Bonchev–Trinajstić information content (AvgIpc) is 3.56. The second kappa shape index (κ2) is 7.77. The van der Waals surface area contributed by atoms with Gasteiger partial charge in [-0.15, -0.1) is 0 Å². The highest BCUT2D eigenvalue weighted by Crippen LogP contribution is 2.55. The standard InChI is InChI=1S/C31H30N6O/c32-25-22-10-4-2-7-20(22)18-30(25)14-16-37(17-15-30)29-33-27-24(28(38)34-29)26(35-36-27)31(12-13-31)23-11-5-8-19-6-1-3-9-21(19)23/h1-11,25H,12-18,32H2,(H2,33,34,35,36,38)/t25-/m1/s1. The molecule has 38 heavy (non-hydrogen) atoms. The van der Waals surface area contributed by atoms with Crippen molar-refractivity contribution in [2.45, 2.75) is 43.6 Å². The van der Waals surface area contributed by atoms with Gasteiger partial charge in [-0.3, -0.25) is 14.9 Å². The van der Waals surface area contributed by atoms with Crippen LogP contribution >= 0.6 is 0 Å². The number of nitrogens with one attached hydrogen (secondary N) is 2. The van der Waals surface area contributed by atoms with E-state index in [0.717, 1.165) is 50.9 Å². The van der Waals surface area contributed by atoms with Crippen LogP contribution in [0, 0.1) is 5.41 Å². The molecule has 0 unspecified atom stereocenters. The van der Waals surface area contributed by atoms with Gasteiger partial charge in [-0.1, -0.05) is 66.7 Å². The van der Waals surface area contributed by atoms with Gasteiger partial charge in [0, 0.05) is 24.5 Å². The first-order chi connectivity index (χ1) is 18.6. The zero-order chi connectivity index (χ0) is 25.5. The average molecular weight is 503 g/mol. The molecular formula is C31H30N6O. The number of rotatable bonds is 3. The highest BCUT2D eigenvalue weighted by Gasteiger charge is 2.50. The molecule has 3 heterocycles. The molecule has 0 radical (unpaired) electrons. The summed E-state index contributed by atoms with van der Waals surface area (Å²) in [7, 11) is 0. The number of piperidine rings is 1. The maximum Gasteiger partial charge on any atom is 0.263 e. The van der Waals surface area contributed by atoms with E-state index in [1.54, 1.807) is 0 Å². The van der Waals surface area contributed by atoms with Crippen LogP contribution in [0.1, 0.15) is 54.1 Å². The van der Waals surface area contributed by atoms with E-state index in [2.05, 4.69) is 81.7 Å². The summed E-state index contributed by atoms with van der Waals surface area (Å²) in [5.41, 5.74) is 11.8. The minimum absolute atomic E-state index is 0.0642. The fourth-order valence-corrected chi connectivity index (χ4v) is 7.29. The Morgan fingerprint density at radius 1 is 0.921 bits per heavy atom. The third-order valence-electron chi connectivity index (χ3n) is 9.58. The van der Waals surface area contributed by atoms with Crippen LogP contribution in [0.5, 0.6) is 0 Å². The fraction of sp³-hybridized carbons (Fsp3) is 0.323. The molecule has 0 bridgehead atoms. The fourth-order valence-electron chi connectivity index (χ4n) is 7.29. The molecule has 7 heteroatoms. The van der Waals surface area contributed by atoms with E-state index in [9.17, 15) is 4.79 Å². The molecule has 7 nitrogen and oxygen atoms in total. The van der Waals surface area contributed by atoms with Crippen molar-refractivity contribution in [1.82, 2.24) is 20.2 Å². The largest absolute Gasteiger partial charge is 0.342 e. The smallest absolute Gasteiger partial charge is 0.263 e. The number of hydrogen-bond acceptors (Lipinski definition) is 5. The Morgan fingerprint density at radius 3 is 2.50 bits per heavy atom. The second-order valence-electron chi connectivity index (χ2n) is 11.5. The van der Waals surface area contributed by atoms with Gasteiger partial charge in [0.1, 0.15) is 5.39 Å². The summed E-state index contributed by atoms with van der Waals surface area (Å²) < 4.78 is 0. The van der Waals surface area contributed by atoms with Crippen molar-refractivity contribution in [2.24, 2.45) is 11.1 Å². The Balaban J connectivity index is 1.11. The molecule has 8 rings (SSSR count). The lowest BCUT2D eigenvalue weighted by atomic mass is 9.73. The van der Waals surface area contributed by atoms with Crippen LogP contribution in [-0.2, 0) is 11.8 Å². The number of hydrogen-bond donors (Lipinski definition) is 3. The van der Waals surface area contributed by atoms with Crippen LogP contribution in [0.3, 0.4) is 0 Å². The molecule has 1 spiro atoms. The molecular weight excluding hydrogens is 472 g/mol. The van der Waals surface area contributed by atoms with E-state index in [-0.39, 0.29) is 22.4 Å². The molecule has 2 aromatic heterocycles. The van der Waals surface area contributed by atoms with Crippen LogP contribution < -0.4 is 16.2 Å². The third kappa shape index (κ3) is 3.02. The van der Waals surface area contributed by atoms with Gasteiger partial charge >= 0.3 is 0 Å². The molecule has 2 fully saturated rings. The quantitative estimate of drug-likeness (QED) is 0.331. The van der Waals surface area contributed by atoms with Crippen molar-refractivity contribution < 1.29 is 0 Å². The van der Waals surface area contributed by atoms with Gasteiger partial charge in [0.15, 0.2) is 5.65 Å². The molecule has 2 aliphatic carbocycles. The van der Waals surface area contributed by atoms with Gasteiger partial charge in [-0.2, -0.15) is 10.1 Å². The van der Waals surface area contributed by atoms with Crippen molar-refractivity contribution in [3.63, 3.8) is 0 Å². The second-order valence-corrected chi connectivity index (χ2v) is 11.5. The van der Waals surface area contributed by atoms with Gasteiger partial charge in [0.25, 0.3) is 5.56 Å². The topological polar surface area (TPSA) is 104 Å². The first-order valence-electron chi connectivity index (χ1n) is 13.6. The Kier molecular flexibility index (Phi) is 4.51. The predicted molar refractivity (Wildman–Crippen MR) is 149 cm³/mol. The van der Waals surface area contributed by atoms with Crippen molar-refractivity contribution in [1.29, 1.82) is 0 Å². The van der Waals surface area contributed by atoms with E-state index < -0.39 is 0 Å². The van der Waals surface area contributed by atoms with Crippen LogP contribution in [0.25, 0.3) is 21.8 Å². The Bertz CT molecular complexity index is 1770. The van der Waals surface area contributed by atoms with Crippen LogP contribution in [0.4, 0.5) is 5.95 Å². The Hall–Kier alpha value is -3.97. The van der Waals surface area contributed by atoms with E-state index in [1.165, 1.54) is 27.5 Å². The summed E-state index contributed by atoms with van der Waals surface area (Å²) >= 11 is 0. The molecule has 3 aromatic carbocycles. The zero-order valence-corrected chi connectivity index (χ0v) is 21.2.